The summed E-state index contributed by atoms with van der Waals surface area (Å²) in [5.74, 6) is -4.26. The normalized spacial score (nSPS) is 15.6. The van der Waals surface area contributed by atoms with Gasteiger partial charge in [0.05, 0.1) is 36.5 Å². The summed E-state index contributed by atoms with van der Waals surface area (Å²) < 4.78 is 11.6. The zero-order valence-electron chi connectivity index (χ0n) is 31.8. The molecule has 0 aliphatic carbocycles. The quantitative estimate of drug-likeness (QED) is 0.0660. The molecule has 0 saturated carbocycles. The van der Waals surface area contributed by atoms with Crippen molar-refractivity contribution in [2.75, 3.05) is 6.61 Å². The maximum atomic E-state index is 13.6. The van der Waals surface area contributed by atoms with Crippen LogP contribution in [0.1, 0.15) is 169 Å². The van der Waals surface area contributed by atoms with Crippen LogP contribution in [0.3, 0.4) is 0 Å². The summed E-state index contributed by atoms with van der Waals surface area (Å²) in [6, 6.07) is 12.4. The summed E-state index contributed by atoms with van der Waals surface area (Å²) in [6.45, 7) is 12.5. The maximum Gasteiger partial charge on any atom is 0.308 e. The molecule has 0 heterocycles. The van der Waals surface area contributed by atoms with Crippen LogP contribution < -0.4 is 0 Å². The monoisotopic (exact) mass is 684 g/mol. The minimum absolute atomic E-state index is 0.0195. The lowest BCUT2D eigenvalue weighted by molar-refractivity contribution is -0.156. The Bertz CT molecular complexity index is 1070. The molecule has 1 N–H and O–H groups in total. The van der Waals surface area contributed by atoms with Crippen LogP contribution >= 0.6 is 0 Å². The van der Waals surface area contributed by atoms with E-state index in [1.165, 1.54) is 38.5 Å². The number of aliphatic carboxylic acids is 1. The van der Waals surface area contributed by atoms with E-state index in [1.807, 2.05) is 37.3 Å². The highest BCUT2D eigenvalue weighted by molar-refractivity contribution is 5.77. The van der Waals surface area contributed by atoms with E-state index in [9.17, 15) is 24.8 Å². The van der Waals surface area contributed by atoms with Gasteiger partial charge in [0, 0.05) is 5.92 Å². The van der Waals surface area contributed by atoms with Crippen molar-refractivity contribution in [3.63, 3.8) is 0 Å². The zero-order chi connectivity index (χ0) is 36.4. The Morgan fingerprint density at radius 2 is 1.37 bits per heavy atom. The molecule has 0 radical (unpaired) electrons. The van der Waals surface area contributed by atoms with Crippen molar-refractivity contribution >= 4 is 17.9 Å². The van der Waals surface area contributed by atoms with Gasteiger partial charge in [-0.3, -0.25) is 14.4 Å². The first-order chi connectivity index (χ1) is 23.6. The first kappa shape index (κ1) is 44.1. The summed E-state index contributed by atoms with van der Waals surface area (Å²) in [4.78, 5) is 39.4. The first-order valence-electron chi connectivity index (χ1n) is 19.6. The molecule has 1 aromatic rings. The Balaban J connectivity index is 2.95. The number of esters is 2. The Morgan fingerprint density at radius 1 is 0.735 bits per heavy atom. The molecule has 278 valence electrons. The number of rotatable bonds is 29. The van der Waals surface area contributed by atoms with E-state index in [0.717, 1.165) is 56.9 Å². The lowest BCUT2D eigenvalue weighted by Crippen LogP contribution is -2.31. The van der Waals surface area contributed by atoms with Crippen molar-refractivity contribution in [3.8, 4) is 6.07 Å². The van der Waals surface area contributed by atoms with Gasteiger partial charge in [0.2, 0.25) is 0 Å². The lowest BCUT2D eigenvalue weighted by Gasteiger charge is -2.26. The molecular formula is C42H69NO6. The van der Waals surface area contributed by atoms with E-state index in [2.05, 4.69) is 33.8 Å². The zero-order valence-corrected chi connectivity index (χ0v) is 31.8. The van der Waals surface area contributed by atoms with Gasteiger partial charge >= 0.3 is 17.9 Å². The third-order valence-electron chi connectivity index (χ3n) is 10.2. The molecule has 0 aromatic heterocycles. The van der Waals surface area contributed by atoms with Gasteiger partial charge in [0.25, 0.3) is 0 Å². The van der Waals surface area contributed by atoms with Crippen molar-refractivity contribution in [1.29, 1.82) is 5.26 Å². The number of nitrogens with zero attached hydrogens (tertiary/aromatic N) is 1. The molecule has 7 unspecified atom stereocenters. The van der Waals surface area contributed by atoms with E-state index in [1.54, 1.807) is 6.92 Å². The van der Waals surface area contributed by atoms with Crippen LogP contribution in [0.5, 0.6) is 0 Å². The van der Waals surface area contributed by atoms with Gasteiger partial charge in [-0.1, -0.05) is 129 Å². The van der Waals surface area contributed by atoms with Crippen LogP contribution in [-0.2, 0) is 23.9 Å². The minimum Gasteiger partial charge on any atom is -0.481 e. The summed E-state index contributed by atoms with van der Waals surface area (Å²) in [7, 11) is 0. The molecule has 1 rings (SSSR count). The SMILES string of the molecule is CCCCCCCCCCC(C)OC(=O)C(C)CC(CC(CC(C#N)CC(CC)c1ccccc1)C(=O)O)C(=O)OCC(CC)CCCC. The number of carbonyl (C=O) groups is 3. The molecule has 1 aromatic carbocycles. The molecule has 0 aliphatic heterocycles. The predicted octanol–water partition coefficient (Wildman–Crippen LogP) is 11.1. The molecular weight excluding hydrogens is 614 g/mol. The molecule has 0 fully saturated rings. The fourth-order valence-electron chi connectivity index (χ4n) is 6.76. The van der Waals surface area contributed by atoms with E-state index in [4.69, 9.17) is 9.47 Å². The van der Waals surface area contributed by atoms with E-state index >= 15 is 0 Å². The lowest BCUT2D eigenvalue weighted by atomic mass is 9.79. The Hall–Kier alpha value is -2.88. The van der Waals surface area contributed by atoms with Crippen molar-refractivity contribution < 1.29 is 29.0 Å². The molecule has 0 aliphatic rings. The first-order valence-corrected chi connectivity index (χ1v) is 19.6. The summed E-state index contributed by atoms with van der Waals surface area (Å²) in [5, 5.41) is 20.4. The predicted molar refractivity (Wildman–Crippen MR) is 198 cm³/mol. The number of nitriles is 1. The highest BCUT2D eigenvalue weighted by atomic mass is 16.5. The van der Waals surface area contributed by atoms with Crippen LogP contribution in [0.25, 0.3) is 0 Å². The molecule has 49 heavy (non-hydrogen) atoms. The number of hydrogen-bond donors (Lipinski definition) is 1. The van der Waals surface area contributed by atoms with Gasteiger partial charge in [-0.05, 0) is 75.7 Å². The van der Waals surface area contributed by atoms with Crippen molar-refractivity contribution in [3.05, 3.63) is 35.9 Å². The third-order valence-corrected chi connectivity index (χ3v) is 10.2. The van der Waals surface area contributed by atoms with E-state index in [-0.39, 0.29) is 49.8 Å². The highest BCUT2D eigenvalue weighted by Gasteiger charge is 2.34. The molecule has 0 spiro atoms. The van der Waals surface area contributed by atoms with Crippen LogP contribution in [0.2, 0.25) is 0 Å². The fourth-order valence-corrected chi connectivity index (χ4v) is 6.76. The van der Waals surface area contributed by atoms with Gasteiger partial charge in [0.1, 0.15) is 0 Å². The second-order valence-corrected chi connectivity index (χ2v) is 14.5. The van der Waals surface area contributed by atoms with Crippen molar-refractivity contribution in [1.82, 2.24) is 0 Å². The third kappa shape index (κ3) is 19.2. The highest BCUT2D eigenvalue weighted by Crippen LogP contribution is 2.33. The van der Waals surface area contributed by atoms with Gasteiger partial charge in [-0.15, -0.1) is 0 Å². The number of carboxylic acids is 1. The number of benzene rings is 1. The van der Waals surface area contributed by atoms with Crippen LogP contribution in [0.4, 0.5) is 0 Å². The molecule has 7 nitrogen and oxygen atoms in total. The molecule has 0 amide bonds. The van der Waals surface area contributed by atoms with Crippen LogP contribution in [0.15, 0.2) is 30.3 Å². The number of carbonyl (C=O) groups excluding carboxylic acids is 2. The van der Waals surface area contributed by atoms with Crippen molar-refractivity contribution in [2.45, 2.75) is 169 Å². The minimum atomic E-state index is -1.03. The standard InChI is InChI=1S/C42H69NO6/c1-7-11-13-14-15-16-17-19-22-33(6)49-41(46)32(5)26-39(42(47)48-31-34(9-3)23-12-8-2)29-38(40(44)45)28-35(30-43)27-36(10-4)37-24-20-18-21-25-37/h18,20-21,24-25,32-36,38-39H,7-17,19,22-23,26-29,31H2,1-6H3,(H,44,45). The second-order valence-electron chi connectivity index (χ2n) is 14.5. The number of carboxylic acid groups (broad SMARTS) is 1. The largest absolute Gasteiger partial charge is 0.481 e. The fraction of sp³-hybridized carbons (Fsp3) is 0.762. The summed E-state index contributed by atoms with van der Waals surface area (Å²) in [5.41, 5.74) is 1.14. The average molecular weight is 684 g/mol. The van der Waals surface area contributed by atoms with Gasteiger partial charge < -0.3 is 14.6 Å². The Kier molecular flexibility index (Phi) is 24.3. The molecule has 7 atom stereocenters. The number of ether oxygens (including phenoxy) is 2. The van der Waals surface area contributed by atoms with E-state index < -0.39 is 35.6 Å². The molecule has 0 saturated heterocycles. The van der Waals surface area contributed by atoms with Gasteiger partial charge in [-0.2, -0.15) is 5.26 Å². The smallest absolute Gasteiger partial charge is 0.308 e. The number of unbranched alkanes of at least 4 members (excludes halogenated alkanes) is 8. The Labute approximate surface area is 298 Å². The topological polar surface area (TPSA) is 114 Å². The summed E-state index contributed by atoms with van der Waals surface area (Å²) >= 11 is 0. The second kappa shape index (κ2) is 26.9. The maximum absolute atomic E-state index is 13.6. The van der Waals surface area contributed by atoms with E-state index in [0.29, 0.717) is 6.42 Å². The number of hydrogen-bond acceptors (Lipinski definition) is 6. The summed E-state index contributed by atoms with van der Waals surface area (Å²) in [6.07, 6.45) is 15.9. The van der Waals surface area contributed by atoms with Crippen molar-refractivity contribution in [2.24, 2.45) is 29.6 Å². The van der Waals surface area contributed by atoms with Gasteiger partial charge in [-0.25, -0.2) is 0 Å². The van der Waals surface area contributed by atoms with Crippen LogP contribution in [0, 0.1) is 40.9 Å². The molecule has 0 bridgehead atoms. The average Bonchev–Trinajstić information content (AvgIpc) is 3.10. The van der Waals surface area contributed by atoms with Gasteiger partial charge in [0.15, 0.2) is 0 Å². The Morgan fingerprint density at radius 3 is 1.94 bits per heavy atom. The van der Waals surface area contributed by atoms with Crippen LogP contribution in [-0.4, -0.2) is 35.7 Å². The molecule has 7 heteroatoms.